The van der Waals surface area contributed by atoms with Gasteiger partial charge in [0.2, 0.25) is 0 Å². The molecule has 1 unspecified atom stereocenters. The van der Waals surface area contributed by atoms with Crippen LogP contribution in [0.5, 0.6) is 0 Å². The number of furan rings is 2. The van der Waals surface area contributed by atoms with Gasteiger partial charge in [-0.1, -0.05) is 71.5 Å². The van der Waals surface area contributed by atoms with Crippen molar-refractivity contribution in [3.05, 3.63) is 151 Å². The van der Waals surface area contributed by atoms with Gasteiger partial charge in [-0.3, -0.25) is 0 Å². The van der Waals surface area contributed by atoms with Crippen LogP contribution in [0.1, 0.15) is 37.7 Å². The number of fused-ring (bicyclic) bond motifs is 9. The smallest absolute Gasteiger partial charge is 0 e. The van der Waals surface area contributed by atoms with Gasteiger partial charge < -0.3 is 9.40 Å². The summed E-state index contributed by atoms with van der Waals surface area (Å²) < 4.78 is 27.9. The van der Waals surface area contributed by atoms with Crippen LogP contribution in [0, 0.1) is 35.7 Å². The standard InChI is InChI=1S/C32H27FNO.C20H18GeNO.Ir/c33-25-10-11-28-30(19-25)35-32-27(13-12-26(31(28)32)23-4-2-1-3-5-23)29-18-21(14-15-34-29)17-24-16-20-6-8-22(24)9-7-20;1-21(2,3)14-11-12-18(22-13-14)17-9-6-8-16-15-7-4-5-10-19(15)23-20(16)17;/h1-5,10-12,14-15,18-20,22,24H,6-9,16-17H2;4-8,10-13H,1-3H3;/q2*-1;. The summed E-state index contributed by atoms with van der Waals surface area (Å²) >= 11 is -1.83. The van der Waals surface area contributed by atoms with Crippen LogP contribution < -0.4 is 4.40 Å². The normalized spacial score (nSPS) is 17.6. The summed E-state index contributed by atoms with van der Waals surface area (Å²) in [7, 11) is 0. The first-order valence-electron chi connectivity index (χ1n) is 20.6. The Hall–Kier alpha value is -4.88. The topological polar surface area (TPSA) is 52.1 Å². The van der Waals surface area contributed by atoms with E-state index in [0.717, 1.165) is 90.5 Å². The van der Waals surface area contributed by atoms with Gasteiger partial charge in [-0.2, -0.15) is 0 Å². The van der Waals surface area contributed by atoms with E-state index < -0.39 is 13.3 Å². The third-order valence-electron chi connectivity index (χ3n) is 12.6. The second-order valence-electron chi connectivity index (χ2n) is 17.3. The van der Waals surface area contributed by atoms with Gasteiger partial charge in [0, 0.05) is 37.8 Å². The van der Waals surface area contributed by atoms with Crippen LogP contribution in [-0.2, 0) is 26.5 Å². The summed E-state index contributed by atoms with van der Waals surface area (Å²) in [5.41, 5.74) is 10.1. The van der Waals surface area contributed by atoms with Gasteiger partial charge in [-0.05, 0) is 72.7 Å². The van der Waals surface area contributed by atoms with E-state index in [-0.39, 0.29) is 25.9 Å². The van der Waals surface area contributed by atoms with Crippen LogP contribution in [0.4, 0.5) is 4.39 Å². The van der Waals surface area contributed by atoms with Crippen molar-refractivity contribution in [2.24, 2.45) is 17.8 Å². The van der Waals surface area contributed by atoms with Crippen molar-refractivity contribution < 1.29 is 33.3 Å². The van der Waals surface area contributed by atoms with Gasteiger partial charge in [0.05, 0.1) is 5.58 Å². The van der Waals surface area contributed by atoms with Gasteiger partial charge in [-0.15, -0.1) is 12.1 Å². The Labute approximate surface area is 361 Å². The molecule has 0 spiro atoms. The monoisotopic (exact) mass is 1020 g/mol. The molecule has 5 aromatic carbocycles. The molecule has 0 aliphatic heterocycles. The van der Waals surface area contributed by atoms with E-state index in [1.54, 1.807) is 0 Å². The Bertz CT molecular complexity index is 2930. The molecule has 4 heterocycles. The fourth-order valence-corrected chi connectivity index (χ4v) is 11.7. The summed E-state index contributed by atoms with van der Waals surface area (Å²) in [4.78, 5) is 9.42. The van der Waals surface area contributed by atoms with E-state index in [4.69, 9.17) is 18.8 Å². The molecular formula is C52H45FGeIrN2O2-2. The number of para-hydroxylation sites is 1. The second-order valence-corrected chi connectivity index (χ2v) is 27.9. The molecule has 3 fully saturated rings. The predicted octanol–water partition coefficient (Wildman–Crippen LogP) is 13.6. The van der Waals surface area contributed by atoms with Crippen molar-refractivity contribution >= 4 is 61.5 Å². The number of aromatic nitrogens is 2. The average molecular weight is 1010 g/mol. The van der Waals surface area contributed by atoms with E-state index >= 15 is 0 Å². The fraction of sp³-hybridized carbons (Fsp3) is 0.231. The average Bonchev–Trinajstić information content (AvgIpc) is 3.83. The molecule has 1 radical (unpaired) electrons. The number of hydrogen-bond acceptors (Lipinski definition) is 4. The Morgan fingerprint density at radius 2 is 1.49 bits per heavy atom. The molecule has 1 atom stereocenters. The summed E-state index contributed by atoms with van der Waals surface area (Å²) in [5.74, 6) is 9.43. The first-order chi connectivity index (χ1) is 28.3. The van der Waals surface area contributed by atoms with E-state index in [1.165, 1.54) is 54.2 Å². The minimum Gasteiger partial charge on any atom is 0 e. The van der Waals surface area contributed by atoms with Gasteiger partial charge in [0.1, 0.15) is 11.4 Å². The molecule has 4 aromatic heterocycles. The molecule has 0 N–H and O–H groups in total. The number of hydrogen-bond donors (Lipinski definition) is 0. The summed E-state index contributed by atoms with van der Waals surface area (Å²) in [6.07, 6.45) is 12.1. The van der Waals surface area contributed by atoms with Gasteiger partial charge in [-0.25, -0.2) is 4.39 Å². The molecule has 297 valence electrons. The van der Waals surface area contributed by atoms with Gasteiger partial charge in [0.25, 0.3) is 0 Å². The molecule has 59 heavy (non-hydrogen) atoms. The Kier molecular flexibility index (Phi) is 10.9. The number of halogens is 1. The van der Waals surface area contributed by atoms with Crippen molar-refractivity contribution in [1.82, 2.24) is 9.97 Å². The zero-order valence-corrected chi connectivity index (χ0v) is 38.0. The number of nitrogens with zero attached hydrogens (tertiary/aromatic N) is 2. The number of benzene rings is 5. The molecule has 0 amide bonds. The molecule has 4 nitrogen and oxygen atoms in total. The van der Waals surface area contributed by atoms with Crippen molar-refractivity contribution in [2.75, 3.05) is 0 Å². The van der Waals surface area contributed by atoms with E-state index in [2.05, 4.69) is 77.9 Å². The Balaban J connectivity index is 0.000000163. The third kappa shape index (κ3) is 7.72. The molecule has 7 heteroatoms. The molecule has 9 aromatic rings. The van der Waals surface area contributed by atoms with Crippen LogP contribution in [0.3, 0.4) is 0 Å². The third-order valence-corrected chi connectivity index (χ3v) is 16.8. The van der Waals surface area contributed by atoms with Crippen LogP contribution >= 0.6 is 0 Å². The maximum absolute atomic E-state index is 14.1. The molecular weight excluding hydrogens is 968 g/mol. The molecule has 3 aliphatic carbocycles. The quantitative estimate of drug-likeness (QED) is 0.123. The minimum atomic E-state index is -1.83. The van der Waals surface area contributed by atoms with Crippen LogP contribution in [0.2, 0.25) is 17.3 Å². The maximum atomic E-state index is 14.1. The van der Waals surface area contributed by atoms with Crippen LogP contribution in [0.25, 0.3) is 77.5 Å². The van der Waals surface area contributed by atoms with E-state index in [0.29, 0.717) is 11.2 Å². The summed E-state index contributed by atoms with van der Waals surface area (Å²) in [6, 6.07) is 44.7. The van der Waals surface area contributed by atoms with Crippen molar-refractivity contribution in [1.29, 1.82) is 0 Å². The molecule has 12 rings (SSSR count). The Morgan fingerprint density at radius 1 is 0.712 bits per heavy atom. The van der Waals surface area contributed by atoms with Crippen LogP contribution in [0.15, 0.2) is 136 Å². The Morgan fingerprint density at radius 3 is 2.25 bits per heavy atom. The minimum absolute atomic E-state index is 0. The predicted molar refractivity (Wildman–Crippen MR) is 237 cm³/mol. The van der Waals surface area contributed by atoms with Crippen molar-refractivity contribution in [3.63, 3.8) is 0 Å². The van der Waals surface area contributed by atoms with E-state index in [1.807, 2.05) is 67.0 Å². The zero-order chi connectivity index (χ0) is 39.4. The number of rotatable bonds is 6. The SMILES string of the molecule is Fc1ccc2c(c1)oc1c(-c3cc(CC4CC5CCC4CC5)ccn3)[c-]cc(-c3ccccc3)c12.[CH3][Ge]([CH3])([CH3])[c]1ccc(-c2[c-]ccc3c2oc2ccccc23)nc1.[Ir]. The molecule has 0 saturated heterocycles. The first kappa shape index (κ1) is 39.6. The van der Waals surface area contributed by atoms with Crippen molar-refractivity contribution in [2.45, 2.75) is 55.8 Å². The van der Waals surface area contributed by atoms with Gasteiger partial charge in [0.15, 0.2) is 0 Å². The molecule has 2 bridgehead atoms. The maximum Gasteiger partial charge on any atom is 0 e. The molecule has 3 saturated carbocycles. The first-order valence-corrected chi connectivity index (χ1v) is 28.0. The second kappa shape index (κ2) is 16.3. The molecule has 3 aliphatic rings. The van der Waals surface area contributed by atoms with Crippen LogP contribution in [-0.4, -0.2) is 23.2 Å². The van der Waals surface area contributed by atoms with Gasteiger partial charge >= 0.3 is 138 Å². The summed E-state index contributed by atoms with van der Waals surface area (Å²) in [6.45, 7) is 0. The fourth-order valence-electron chi connectivity index (χ4n) is 9.50. The largest absolute Gasteiger partial charge is 0 e. The zero-order valence-electron chi connectivity index (χ0n) is 33.5. The number of pyridine rings is 2. The summed E-state index contributed by atoms with van der Waals surface area (Å²) in [5, 5.41) is 4.15. The van der Waals surface area contributed by atoms with E-state index in [9.17, 15) is 4.39 Å². The van der Waals surface area contributed by atoms with Crippen molar-refractivity contribution in [3.8, 4) is 33.6 Å².